The zero-order valence-corrected chi connectivity index (χ0v) is 7.66. The van der Waals surface area contributed by atoms with Crippen molar-refractivity contribution < 1.29 is 14.3 Å². The summed E-state index contributed by atoms with van der Waals surface area (Å²) in [7, 11) is 2.95. The van der Waals surface area contributed by atoms with E-state index in [2.05, 4.69) is 10.6 Å². The van der Waals surface area contributed by atoms with Crippen LogP contribution < -0.4 is 10.6 Å². The Hall–Kier alpha value is -1.32. The predicted molar refractivity (Wildman–Crippen MR) is 44.8 cm³/mol. The van der Waals surface area contributed by atoms with Crippen molar-refractivity contribution in [2.75, 3.05) is 27.3 Å². The molecule has 2 N–H and O–H groups in total. The molecule has 0 unspecified atom stereocenters. The highest BCUT2D eigenvalue weighted by molar-refractivity contribution is 5.73. The topological polar surface area (TPSA) is 83.4 Å². The standard InChI is InChI=1S/C7H13N3O3/c1-12-6(13-2)5-10-7(11)9-4-3-8/h6H,4-5H2,1-2H3,(H2,9,10,11). The third-order valence-electron chi connectivity index (χ3n) is 1.28. The highest BCUT2D eigenvalue weighted by Gasteiger charge is 2.06. The molecule has 0 aromatic rings. The van der Waals surface area contributed by atoms with Gasteiger partial charge >= 0.3 is 6.03 Å². The first-order valence-electron chi connectivity index (χ1n) is 3.68. The summed E-state index contributed by atoms with van der Waals surface area (Å²) in [5.74, 6) is 0. The summed E-state index contributed by atoms with van der Waals surface area (Å²) in [6.45, 7) is 0.223. The Morgan fingerprint density at radius 1 is 1.46 bits per heavy atom. The second kappa shape index (κ2) is 7.34. The molecule has 0 aromatic heterocycles. The minimum Gasteiger partial charge on any atom is -0.354 e. The third-order valence-corrected chi connectivity index (χ3v) is 1.28. The fourth-order valence-corrected chi connectivity index (χ4v) is 0.621. The number of amides is 2. The number of methoxy groups -OCH3 is 2. The fourth-order valence-electron chi connectivity index (χ4n) is 0.621. The van der Waals surface area contributed by atoms with E-state index in [1.54, 1.807) is 6.07 Å². The van der Waals surface area contributed by atoms with Crippen LogP contribution in [0.3, 0.4) is 0 Å². The van der Waals surface area contributed by atoms with Crippen LogP contribution in [0.15, 0.2) is 0 Å². The number of rotatable bonds is 5. The molecule has 2 amide bonds. The van der Waals surface area contributed by atoms with Gasteiger partial charge in [0, 0.05) is 14.2 Å². The number of nitriles is 1. The van der Waals surface area contributed by atoms with Crippen LogP contribution in [0.2, 0.25) is 0 Å². The van der Waals surface area contributed by atoms with Gasteiger partial charge in [-0.25, -0.2) is 4.79 Å². The molecular formula is C7H13N3O3. The lowest BCUT2D eigenvalue weighted by Gasteiger charge is -2.13. The molecule has 13 heavy (non-hydrogen) atoms. The second-order valence-corrected chi connectivity index (χ2v) is 2.12. The van der Waals surface area contributed by atoms with Gasteiger partial charge in [-0.1, -0.05) is 0 Å². The van der Waals surface area contributed by atoms with Crippen molar-refractivity contribution in [3.05, 3.63) is 0 Å². The van der Waals surface area contributed by atoms with Gasteiger partial charge in [-0.15, -0.1) is 0 Å². The lowest BCUT2D eigenvalue weighted by atomic mass is 10.6. The number of nitrogens with zero attached hydrogens (tertiary/aromatic N) is 1. The lowest BCUT2D eigenvalue weighted by Crippen LogP contribution is -2.40. The molecule has 0 aliphatic rings. The van der Waals surface area contributed by atoms with E-state index in [0.717, 1.165) is 0 Å². The maximum atomic E-state index is 10.9. The molecule has 0 aromatic carbocycles. The molecule has 0 saturated carbocycles. The smallest absolute Gasteiger partial charge is 0.315 e. The van der Waals surface area contributed by atoms with Gasteiger partial charge in [0.25, 0.3) is 0 Å². The van der Waals surface area contributed by atoms with Gasteiger partial charge in [0.05, 0.1) is 12.6 Å². The van der Waals surface area contributed by atoms with Crippen LogP contribution in [-0.4, -0.2) is 39.6 Å². The molecule has 0 aliphatic carbocycles. The second-order valence-electron chi connectivity index (χ2n) is 2.12. The number of hydrogen-bond acceptors (Lipinski definition) is 4. The van der Waals surface area contributed by atoms with Crippen molar-refractivity contribution in [3.8, 4) is 6.07 Å². The number of carbonyl (C=O) groups excluding carboxylic acids is 1. The van der Waals surface area contributed by atoms with Crippen LogP contribution >= 0.6 is 0 Å². The van der Waals surface area contributed by atoms with E-state index in [0.29, 0.717) is 0 Å². The molecule has 0 saturated heterocycles. The lowest BCUT2D eigenvalue weighted by molar-refractivity contribution is -0.0971. The first-order chi connectivity index (χ1) is 6.24. The van der Waals surface area contributed by atoms with E-state index >= 15 is 0 Å². The summed E-state index contributed by atoms with van der Waals surface area (Å²) < 4.78 is 9.65. The average molecular weight is 187 g/mol. The largest absolute Gasteiger partial charge is 0.354 e. The first kappa shape index (κ1) is 11.7. The van der Waals surface area contributed by atoms with Gasteiger partial charge in [0.15, 0.2) is 6.29 Å². The number of carbonyl (C=O) groups is 1. The maximum absolute atomic E-state index is 10.9. The number of hydrogen-bond donors (Lipinski definition) is 2. The van der Waals surface area contributed by atoms with Gasteiger partial charge in [-0.2, -0.15) is 5.26 Å². The van der Waals surface area contributed by atoms with E-state index in [1.807, 2.05) is 0 Å². The summed E-state index contributed by atoms with van der Waals surface area (Å²) >= 11 is 0. The molecule has 0 bridgehead atoms. The van der Waals surface area contributed by atoms with Crippen molar-refractivity contribution in [2.24, 2.45) is 0 Å². The molecule has 74 valence electrons. The summed E-state index contributed by atoms with van der Waals surface area (Å²) in [5.41, 5.74) is 0. The summed E-state index contributed by atoms with van der Waals surface area (Å²) in [4.78, 5) is 10.9. The Kier molecular flexibility index (Phi) is 6.59. The monoisotopic (exact) mass is 187 g/mol. The minimum absolute atomic E-state index is 0.0174. The van der Waals surface area contributed by atoms with Crippen LogP contribution in [0.1, 0.15) is 0 Å². The van der Waals surface area contributed by atoms with Gasteiger partial charge < -0.3 is 20.1 Å². The number of nitrogens with one attached hydrogen (secondary N) is 2. The Labute approximate surface area is 76.8 Å². The highest BCUT2D eigenvalue weighted by atomic mass is 16.7. The molecular weight excluding hydrogens is 174 g/mol. The molecule has 0 fully saturated rings. The van der Waals surface area contributed by atoms with Crippen molar-refractivity contribution in [1.82, 2.24) is 10.6 Å². The van der Waals surface area contributed by atoms with Crippen LogP contribution in [0.4, 0.5) is 4.79 Å². The molecule has 6 nitrogen and oxygen atoms in total. The minimum atomic E-state index is -0.465. The van der Waals surface area contributed by atoms with Crippen LogP contribution in [0, 0.1) is 11.3 Å². The zero-order chi connectivity index (χ0) is 10.1. The van der Waals surface area contributed by atoms with Crippen LogP contribution in [0.25, 0.3) is 0 Å². The van der Waals surface area contributed by atoms with Crippen LogP contribution in [-0.2, 0) is 9.47 Å². The number of ether oxygens (including phenoxy) is 2. The molecule has 0 rings (SSSR count). The number of urea groups is 1. The van der Waals surface area contributed by atoms with E-state index in [-0.39, 0.29) is 13.1 Å². The van der Waals surface area contributed by atoms with E-state index < -0.39 is 12.3 Å². The van der Waals surface area contributed by atoms with Gasteiger partial charge in [0.2, 0.25) is 0 Å². The Morgan fingerprint density at radius 3 is 2.54 bits per heavy atom. The molecule has 6 heteroatoms. The van der Waals surface area contributed by atoms with E-state index in [1.165, 1.54) is 14.2 Å². The molecule has 0 radical (unpaired) electrons. The van der Waals surface area contributed by atoms with Crippen LogP contribution in [0.5, 0.6) is 0 Å². The Bertz CT molecular complexity index is 186. The fraction of sp³-hybridized carbons (Fsp3) is 0.714. The Morgan fingerprint density at radius 2 is 2.08 bits per heavy atom. The molecule has 0 aliphatic heterocycles. The normalized spacial score (nSPS) is 9.38. The summed E-state index contributed by atoms with van der Waals surface area (Å²) in [6, 6.07) is 1.36. The Balaban J connectivity index is 3.51. The van der Waals surface area contributed by atoms with Gasteiger partial charge in [-0.05, 0) is 0 Å². The average Bonchev–Trinajstić information content (AvgIpc) is 2.16. The van der Waals surface area contributed by atoms with Gasteiger partial charge in [-0.3, -0.25) is 0 Å². The maximum Gasteiger partial charge on any atom is 0.315 e. The zero-order valence-electron chi connectivity index (χ0n) is 7.66. The molecule has 0 spiro atoms. The van der Waals surface area contributed by atoms with Crippen molar-refractivity contribution >= 4 is 6.03 Å². The van der Waals surface area contributed by atoms with Gasteiger partial charge in [0.1, 0.15) is 6.54 Å². The third kappa shape index (κ3) is 5.90. The van der Waals surface area contributed by atoms with E-state index in [9.17, 15) is 4.79 Å². The summed E-state index contributed by atoms with van der Waals surface area (Å²) in [5, 5.41) is 12.9. The first-order valence-corrected chi connectivity index (χ1v) is 3.68. The van der Waals surface area contributed by atoms with Crippen molar-refractivity contribution in [3.63, 3.8) is 0 Å². The SMILES string of the molecule is COC(CNC(=O)NCC#N)OC. The quantitative estimate of drug-likeness (QED) is 0.446. The molecule has 0 atom stereocenters. The molecule has 0 heterocycles. The predicted octanol–water partition coefficient (Wildman–Crippen LogP) is -0.572. The highest BCUT2D eigenvalue weighted by Crippen LogP contribution is 1.86. The summed E-state index contributed by atoms with van der Waals surface area (Å²) in [6.07, 6.45) is -0.465. The van der Waals surface area contributed by atoms with E-state index in [4.69, 9.17) is 14.7 Å². The van der Waals surface area contributed by atoms with Crippen molar-refractivity contribution in [1.29, 1.82) is 5.26 Å². The van der Waals surface area contributed by atoms with Crippen molar-refractivity contribution in [2.45, 2.75) is 6.29 Å².